The molecule has 9 heteroatoms. The van der Waals surface area contributed by atoms with Crippen LogP contribution in [0.2, 0.25) is 0 Å². The zero-order valence-electron chi connectivity index (χ0n) is 17.2. The summed E-state index contributed by atoms with van der Waals surface area (Å²) in [7, 11) is 3.40. The number of benzene rings is 1. The molecule has 28 heavy (non-hydrogen) atoms. The van der Waals surface area contributed by atoms with Crippen LogP contribution in [0.25, 0.3) is 0 Å². The van der Waals surface area contributed by atoms with Crippen molar-refractivity contribution in [1.82, 2.24) is 16.0 Å². The summed E-state index contributed by atoms with van der Waals surface area (Å²) >= 11 is 0. The first-order chi connectivity index (χ1) is 13.0. The number of rotatable bonds is 11. The first-order valence-electron chi connectivity index (χ1n) is 9.22. The summed E-state index contributed by atoms with van der Waals surface area (Å²) in [5, 5.41) is 12.1. The molecule has 0 aliphatic carbocycles. The number of nitrogens with zero attached hydrogens (tertiary/aromatic N) is 1. The lowest BCUT2D eigenvalue weighted by molar-refractivity contribution is 0.0698. The molecule has 0 aliphatic heterocycles. The third kappa shape index (κ3) is 12.7. The minimum Gasteiger partial charge on any atom is -0.382 e. The molecule has 1 rings (SSSR count). The summed E-state index contributed by atoms with van der Waals surface area (Å²) < 4.78 is 10.3. The molecule has 8 nitrogen and oxygen atoms in total. The molecule has 0 unspecified atom stereocenters. The van der Waals surface area contributed by atoms with Crippen molar-refractivity contribution in [2.24, 2.45) is 4.99 Å². The number of hydrogen-bond donors (Lipinski definition) is 4. The van der Waals surface area contributed by atoms with E-state index in [1.165, 1.54) is 0 Å². The Morgan fingerprint density at radius 3 is 2.43 bits per heavy atom. The number of amides is 2. The zero-order valence-corrected chi connectivity index (χ0v) is 19.5. The molecule has 0 spiro atoms. The van der Waals surface area contributed by atoms with Crippen LogP contribution < -0.4 is 21.3 Å². The zero-order chi connectivity index (χ0) is 19.9. The van der Waals surface area contributed by atoms with Gasteiger partial charge in [-0.1, -0.05) is 12.1 Å². The highest BCUT2D eigenvalue weighted by Gasteiger charge is 2.03. The maximum atomic E-state index is 11.7. The summed E-state index contributed by atoms with van der Waals surface area (Å²) in [4.78, 5) is 15.9. The number of nitrogens with one attached hydrogen (secondary N) is 4. The molecule has 0 aliphatic rings. The number of halogens is 1. The fourth-order valence-electron chi connectivity index (χ4n) is 2.17. The van der Waals surface area contributed by atoms with Crippen molar-refractivity contribution in [2.45, 2.75) is 32.9 Å². The molecule has 1 aromatic rings. The van der Waals surface area contributed by atoms with Crippen molar-refractivity contribution in [1.29, 1.82) is 0 Å². The number of carbonyl (C=O) groups is 1. The number of anilines is 1. The van der Waals surface area contributed by atoms with Crippen LogP contribution >= 0.6 is 24.0 Å². The van der Waals surface area contributed by atoms with E-state index < -0.39 is 0 Å². The lowest BCUT2D eigenvalue weighted by Crippen LogP contribution is -2.37. The number of guanidine groups is 1. The van der Waals surface area contributed by atoms with Gasteiger partial charge in [0.15, 0.2) is 5.96 Å². The van der Waals surface area contributed by atoms with Gasteiger partial charge in [0.05, 0.1) is 13.2 Å². The summed E-state index contributed by atoms with van der Waals surface area (Å²) in [6.07, 6.45) is 0.892. The van der Waals surface area contributed by atoms with Crippen LogP contribution in [0.4, 0.5) is 10.5 Å². The van der Waals surface area contributed by atoms with Crippen LogP contribution in [-0.4, -0.2) is 58.6 Å². The number of urea groups is 1. The smallest absolute Gasteiger partial charge is 0.319 e. The van der Waals surface area contributed by atoms with Gasteiger partial charge in [0.25, 0.3) is 0 Å². The second kappa shape index (κ2) is 16.4. The van der Waals surface area contributed by atoms with Gasteiger partial charge in [-0.2, -0.15) is 0 Å². The van der Waals surface area contributed by atoms with Gasteiger partial charge in [-0.15, -0.1) is 24.0 Å². The van der Waals surface area contributed by atoms with Crippen molar-refractivity contribution in [2.75, 3.05) is 45.8 Å². The highest BCUT2D eigenvalue weighted by atomic mass is 127. The maximum Gasteiger partial charge on any atom is 0.319 e. The highest BCUT2D eigenvalue weighted by Crippen LogP contribution is 2.09. The minimum atomic E-state index is -0.202. The van der Waals surface area contributed by atoms with Crippen molar-refractivity contribution in [3.8, 4) is 0 Å². The van der Waals surface area contributed by atoms with Crippen molar-refractivity contribution in [3.05, 3.63) is 29.8 Å². The third-order valence-electron chi connectivity index (χ3n) is 3.50. The van der Waals surface area contributed by atoms with Crippen molar-refractivity contribution >= 4 is 41.7 Å². The quantitative estimate of drug-likeness (QED) is 0.160. The van der Waals surface area contributed by atoms with Gasteiger partial charge in [0.2, 0.25) is 0 Å². The third-order valence-corrected chi connectivity index (χ3v) is 3.50. The van der Waals surface area contributed by atoms with Gasteiger partial charge in [-0.3, -0.25) is 4.99 Å². The second-order valence-electron chi connectivity index (χ2n) is 6.26. The molecule has 0 fully saturated rings. The number of hydrogen-bond acceptors (Lipinski definition) is 4. The summed E-state index contributed by atoms with van der Waals surface area (Å²) in [5.74, 6) is 0.741. The monoisotopic (exact) mass is 507 g/mol. The fraction of sp³-hybridized carbons (Fsp3) is 0.579. The van der Waals surface area contributed by atoms with Crippen molar-refractivity contribution < 1.29 is 14.3 Å². The molecule has 0 aromatic heterocycles. The number of carbonyl (C=O) groups excluding carboxylic acids is 1. The Hall–Kier alpha value is -1.59. The number of methoxy groups -OCH3 is 1. The lowest BCUT2D eigenvalue weighted by Gasteiger charge is -2.13. The van der Waals surface area contributed by atoms with Gasteiger partial charge in [-0.25, -0.2) is 4.79 Å². The standard InChI is InChI=1S/C19H33N5O3.HI/c1-15(2)23-19(25)24-17-8-6-16(7-9-17)14-22-18(20-3)21-10-5-11-27-13-12-26-4;/h6-9,15H,5,10-14H2,1-4H3,(H2,20,21,22)(H2,23,24,25);1H. The second-order valence-corrected chi connectivity index (χ2v) is 6.26. The largest absolute Gasteiger partial charge is 0.382 e. The Bertz CT molecular complexity index is 567. The lowest BCUT2D eigenvalue weighted by atomic mass is 10.2. The average molecular weight is 507 g/mol. The SMILES string of the molecule is CN=C(NCCCOCCOC)NCc1ccc(NC(=O)NC(C)C)cc1.I. The summed E-state index contributed by atoms with van der Waals surface area (Å²) in [6, 6.07) is 7.59. The molecule has 0 saturated carbocycles. The Morgan fingerprint density at radius 1 is 1.11 bits per heavy atom. The molecule has 1 aromatic carbocycles. The molecule has 0 bridgehead atoms. The van der Waals surface area contributed by atoms with E-state index in [9.17, 15) is 4.79 Å². The van der Waals surface area contributed by atoms with E-state index >= 15 is 0 Å². The van der Waals surface area contributed by atoms with Crippen LogP contribution in [0.3, 0.4) is 0 Å². The van der Waals surface area contributed by atoms with Gasteiger partial charge >= 0.3 is 6.03 Å². The van der Waals surface area contributed by atoms with E-state index in [1.807, 2.05) is 38.1 Å². The first kappa shape index (κ1) is 26.4. The maximum absolute atomic E-state index is 11.7. The Kier molecular flexibility index (Phi) is 15.4. The summed E-state index contributed by atoms with van der Waals surface area (Å²) in [5.41, 5.74) is 1.85. The molecular weight excluding hydrogens is 473 g/mol. The average Bonchev–Trinajstić information content (AvgIpc) is 2.64. The van der Waals surface area contributed by atoms with Gasteiger partial charge in [-0.05, 0) is 38.0 Å². The van der Waals surface area contributed by atoms with Crippen molar-refractivity contribution in [3.63, 3.8) is 0 Å². The van der Waals surface area contributed by atoms with E-state index in [4.69, 9.17) is 9.47 Å². The van der Waals surface area contributed by atoms with E-state index in [1.54, 1.807) is 14.2 Å². The highest BCUT2D eigenvalue weighted by molar-refractivity contribution is 14.0. The molecule has 0 saturated heterocycles. The minimum absolute atomic E-state index is 0. The topological polar surface area (TPSA) is 96.0 Å². The Balaban J connectivity index is 0.00000729. The van der Waals surface area contributed by atoms with Gasteiger partial charge in [0.1, 0.15) is 0 Å². The number of ether oxygens (including phenoxy) is 2. The molecule has 2 amide bonds. The Labute approximate surface area is 185 Å². The van der Waals surface area contributed by atoms with Crippen LogP contribution in [0.15, 0.2) is 29.3 Å². The van der Waals surface area contributed by atoms with Crippen LogP contribution in [0.5, 0.6) is 0 Å². The van der Waals surface area contributed by atoms with Gasteiger partial charge < -0.3 is 30.7 Å². The molecule has 160 valence electrons. The van der Waals surface area contributed by atoms with Crippen LogP contribution in [-0.2, 0) is 16.0 Å². The molecule has 0 radical (unpaired) electrons. The Morgan fingerprint density at radius 2 is 1.82 bits per heavy atom. The molecular formula is C19H34IN5O3. The van der Waals surface area contributed by atoms with Gasteiger partial charge in [0, 0.05) is 45.6 Å². The molecule has 0 atom stereocenters. The van der Waals surface area contributed by atoms with Crippen LogP contribution in [0.1, 0.15) is 25.8 Å². The van der Waals surface area contributed by atoms with E-state index in [2.05, 4.69) is 26.3 Å². The first-order valence-corrected chi connectivity index (χ1v) is 9.22. The van der Waals surface area contributed by atoms with E-state index in [0.717, 1.165) is 30.2 Å². The van der Waals surface area contributed by atoms with E-state index in [0.29, 0.717) is 26.4 Å². The normalized spacial score (nSPS) is 11.0. The predicted molar refractivity (Wildman–Crippen MR) is 125 cm³/mol. The molecule has 0 heterocycles. The molecule has 4 N–H and O–H groups in total. The predicted octanol–water partition coefficient (Wildman–Crippen LogP) is 2.55. The van der Waals surface area contributed by atoms with Crippen LogP contribution in [0, 0.1) is 0 Å². The summed E-state index contributed by atoms with van der Waals surface area (Å²) in [6.45, 7) is 7.18. The van der Waals surface area contributed by atoms with E-state index in [-0.39, 0.29) is 36.0 Å². The fourth-order valence-corrected chi connectivity index (χ4v) is 2.17. The number of aliphatic imine (C=N–C) groups is 1.